The highest BCUT2D eigenvalue weighted by Crippen LogP contribution is 2.31. The Kier molecular flexibility index (Phi) is 6.79. The van der Waals surface area contributed by atoms with Gasteiger partial charge in [-0.15, -0.1) is 0 Å². The molecular formula is C27H27N6O3P. The Balaban J connectivity index is 1.41. The van der Waals surface area contributed by atoms with E-state index in [1.807, 2.05) is 55.6 Å². The van der Waals surface area contributed by atoms with E-state index in [1.54, 1.807) is 23.8 Å². The van der Waals surface area contributed by atoms with Gasteiger partial charge in [0.25, 0.3) is 5.88 Å². The topological polar surface area (TPSA) is 110 Å². The van der Waals surface area contributed by atoms with Crippen LogP contribution in [0.4, 0.5) is 11.5 Å². The lowest BCUT2D eigenvalue weighted by Gasteiger charge is -2.14. The third-order valence-electron chi connectivity index (χ3n) is 5.94. The average Bonchev–Trinajstić information content (AvgIpc) is 3.50. The molecule has 0 aliphatic carbocycles. The molecule has 10 heteroatoms. The molecular weight excluding hydrogens is 487 g/mol. The lowest BCUT2D eigenvalue weighted by atomic mass is 10.1. The van der Waals surface area contributed by atoms with Gasteiger partial charge in [-0.1, -0.05) is 39.4 Å². The molecule has 1 unspecified atom stereocenters. The predicted octanol–water partition coefficient (Wildman–Crippen LogP) is 5.04. The number of rotatable bonds is 9. The van der Waals surface area contributed by atoms with Crippen LogP contribution in [0.3, 0.4) is 0 Å². The van der Waals surface area contributed by atoms with E-state index in [0.717, 1.165) is 28.0 Å². The molecule has 37 heavy (non-hydrogen) atoms. The van der Waals surface area contributed by atoms with E-state index in [-0.39, 0.29) is 5.75 Å². The van der Waals surface area contributed by atoms with Crippen molar-refractivity contribution in [2.45, 2.75) is 13.5 Å². The summed E-state index contributed by atoms with van der Waals surface area (Å²) >= 11 is 0. The summed E-state index contributed by atoms with van der Waals surface area (Å²) in [5, 5.41) is 26.8. The smallest absolute Gasteiger partial charge is 0.263 e. The molecule has 3 heterocycles. The third kappa shape index (κ3) is 4.86. The van der Waals surface area contributed by atoms with Crippen LogP contribution in [-0.2, 0) is 6.54 Å². The highest BCUT2D eigenvalue weighted by Gasteiger charge is 2.17. The summed E-state index contributed by atoms with van der Waals surface area (Å²) < 4.78 is 12.3. The zero-order chi connectivity index (χ0) is 25.9. The summed E-state index contributed by atoms with van der Waals surface area (Å²) in [4.78, 5) is 4.81. The SMILES string of the molecule is C=C(Nc1cccc(CNc2cc(-c3ccccc3O)nc3c(PC)cnn23)c1)c1c(OC)noc1C. The molecule has 2 aromatic carbocycles. The predicted molar refractivity (Wildman–Crippen MR) is 148 cm³/mol. The maximum atomic E-state index is 10.4. The number of aryl methyl sites for hydroxylation is 1. The first-order chi connectivity index (χ1) is 18.0. The maximum absolute atomic E-state index is 10.4. The molecule has 0 bridgehead atoms. The van der Waals surface area contributed by atoms with Gasteiger partial charge in [-0.2, -0.15) is 9.61 Å². The van der Waals surface area contributed by atoms with Gasteiger partial charge in [0.05, 0.1) is 19.0 Å². The van der Waals surface area contributed by atoms with Crippen molar-refractivity contribution in [2.75, 3.05) is 24.4 Å². The number of hydrogen-bond acceptors (Lipinski definition) is 8. The van der Waals surface area contributed by atoms with Crippen LogP contribution in [0.5, 0.6) is 11.6 Å². The fourth-order valence-electron chi connectivity index (χ4n) is 4.11. The number of phenolic OH excluding ortho intramolecular Hbond substituents is 1. The molecule has 0 saturated heterocycles. The second kappa shape index (κ2) is 10.3. The molecule has 188 valence electrons. The number of fused-ring (bicyclic) bond motifs is 1. The van der Waals surface area contributed by atoms with Gasteiger partial charge in [0.15, 0.2) is 5.65 Å². The first kappa shape index (κ1) is 24.3. The van der Waals surface area contributed by atoms with Gasteiger partial charge in [0, 0.05) is 34.9 Å². The number of hydrogen-bond donors (Lipinski definition) is 3. The lowest BCUT2D eigenvalue weighted by molar-refractivity contribution is 0.331. The third-order valence-corrected chi connectivity index (χ3v) is 6.83. The standard InChI is InChI=1S/C27H27N6O3P/c1-16(25-17(2)36-32-27(25)35-3)30-19-9-7-8-18(12-19)14-28-24-13-21(20-10-5-6-11-22(20)34)31-26-23(37-4)15-29-33(24)26/h5-13,15,28,30,34,37H,1,14H2,2-4H3. The van der Waals surface area contributed by atoms with Crippen molar-refractivity contribution in [3.63, 3.8) is 0 Å². The Morgan fingerprint density at radius 1 is 1.19 bits per heavy atom. The van der Waals surface area contributed by atoms with Crippen LogP contribution < -0.4 is 20.7 Å². The molecule has 5 rings (SSSR count). The summed E-state index contributed by atoms with van der Waals surface area (Å²) in [5.41, 5.74) is 5.37. The molecule has 0 fully saturated rings. The molecule has 0 aliphatic heterocycles. The van der Waals surface area contributed by atoms with Crippen molar-refractivity contribution in [1.82, 2.24) is 19.8 Å². The molecule has 3 aromatic heterocycles. The number of methoxy groups -OCH3 is 1. The fraction of sp³-hybridized carbons (Fsp3) is 0.148. The molecule has 5 aromatic rings. The number of aromatic nitrogens is 4. The van der Waals surface area contributed by atoms with Gasteiger partial charge in [-0.05, 0) is 48.6 Å². The van der Waals surface area contributed by atoms with Gasteiger partial charge in [-0.3, -0.25) is 0 Å². The Labute approximate surface area is 216 Å². The quantitative estimate of drug-likeness (QED) is 0.235. The number of aromatic hydroxyl groups is 1. The van der Waals surface area contributed by atoms with E-state index in [4.69, 9.17) is 14.2 Å². The van der Waals surface area contributed by atoms with E-state index in [1.165, 1.54) is 0 Å². The van der Waals surface area contributed by atoms with Crippen molar-refractivity contribution < 1.29 is 14.4 Å². The van der Waals surface area contributed by atoms with Gasteiger partial charge in [0.1, 0.15) is 22.9 Å². The number of ether oxygens (including phenoxy) is 1. The molecule has 3 N–H and O–H groups in total. The largest absolute Gasteiger partial charge is 0.507 e. The second-order valence-corrected chi connectivity index (χ2v) is 9.41. The molecule has 0 amide bonds. The average molecular weight is 515 g/mol. The summed E-state index contributed by atoms with van der Waals surface area (Å²) in [6, 6.07) is 17.1. The molecule has 0 aliphatic rings. The van der Waals surface area contributed by atoms with E-state index in [0.29, 0.717) is 49.3 Å². The number of nitrogens with one attached hydrogen (secondary N) is 2. The number of para-hydroxylation sites is 1. The number of phenols is 1. The Morgan fingerprint density at radius 3 is 2.81 bits per heavy atom. The van der Waals surface area contributed by atoms with Crippen LogP contribution in [0.2, 0.25) is 0 Å². The Bertz CT molecular complexity index is 1590. The molecule has 0 spiro atoms. The highest BCUT2D eigenvalue weighted by atomic mass is 31.1. The molecule has 0 radical (unpaired) electrons. The van der Waals surface area contributed by atoms with Gasteiger partial charge in [0.2, 0.25) is 0 Å². The second-order valence-electron chi connectivity index (χ2n) is 8.37. The lowest BCUT2D eigenvalue weighted by Crippen LogP contribution is -2.08. The number of anilines is 2. The molecule has 1 atom stereocenters. The van der Waals surface area contributed by atoms with Gasteiger partial charge in [-0.25, -0.2) is 4.98 Å². The van der Waals surface area contributed by atoms with Crippen LogP contribution >= 0.6 is 8.58 Å². The summed E-state index contributed by atoms with van der Waals surface area (Å²) in [5.74, 6) is 1.98. The van der Waals surface area contributed by atoms with Crippen LogP contribution in [0.25, 0.3) is 22.6 Å². The van der Waals surface area contributed by atoms with Crippen molar-refractivity contribution in [3.8, 4) is 22.9 Å². The minimum Gasteiger partial charge on any atom is -0.507 e. The normalized spacial score (nSPS) is 11.3. The first-order valence-corrected chi connectivity index (χ1v) is 13.1. The van der Waals surface area contributed by atoms with Crippen LogP contribution in [0.15, 0.2) is 71.9 Å². The minimum absolute atomic E-state index is 0.184. The van der Waals surface area contributed by atoms with Crippen molar-refractivity contribution >= 4 is 36.7 Å². The van der Waals surface area contributed by atoms with Crippen LogP contribution in [0, 0.1) is 6.92 Å². The minimum atomic E-state index is 0.184. The number of nitrogens with zero attached hydrogens (tertiary/aromatic N) is 4. The molecule has 9 nitrogen and oxygen atoms in total. The van der Waals surface area contributed by atoms with Crippen LogP contribution in [0.1, 0.15) is 16.9 Å². The Morgan fingerprint density at radius 2 is 2.03 bits per heavy atom. The number of benzene rings is 2. The molecule has 0 saturated carbocycles. The van der Waals surface area contributed by atoms with Gasteiger partial charge >= 0.3 is 0 Å². The van der Waals surface area contributed by atoms with E-state index in [2.05, 4.69) is 34.1 Å². The Hall–Kier alpha value is -4.36. The summed E-state index contributed by atoms with van der Waals surface area (Å²) in [7, 11) is 2.09. The van der Waals surface area contributed by atoms with E-state index in [9.17, 15) is 5.11 Å². The van der Waals surface area contributed by atoms with Crippen molar-refractivity contribution in [1.29, 1.82) is 0 Å². The van der Waals surface area contributed by atoms with Crippen molar-refractivity contribution in [2.24, 2.45) is 0 Å². The fourth-order valence-corrected chi connectivity index (χ4v) is 4.69. The summed E-state index contributed by atoms with van der Waals surface area (Å²) in [6.07, 6.45) is 1.84. The first-order valence-electron chi connectivity index (χ1n) is 11.6. The van der Waals surface area contributed by atoms with Gasteiger partial charge < -0.3 is 25.0 Å². The van der Waals surface area contributed by atoms with E-state index >= 15 is 0 Å². The van der Waals surface area contributed by atoms with Crippen LogP contribution in [-0.4, -0.2) is 38.6 Å². The maximum Gasteiger partial charge on any atom is 0.263 e. The van der Waals surface area contributed by atoms with E-state index < -0.39 is 0 Å². The van der Waals surface area contributed by atoms with Crippen molar-refractivity contribution in [3.05, 3.63) is 84.3 Å². The zero-order valence-corrected chi connectivity index (χ0v) is 21.7. The monoisotopic (exact) mass is 514 g/mol. The summed E-state index contributed by atoms with van der Waals surface area (Å²) in [6.45, 7) is 8.59. The zero-order valence-electron chi connectivity index (χ0n) is 20.7. The highest BCUT2D eigenvalue weighted by molar-refractivity contribution is 7.46.